The maximum atomic E-state index is 6.48. The third-order valence-corrected chi connectivity index (χ3v) is 6.89. The first kappa shape index (κ1) is 22.9. The molecule has 0 aliphatic rings. The monoisotopic (exact) mass is 482 g/mol. The van der Waals surface area contributed by atoms with Crippen molar-refractivity contribution in [1.29, 1.82) is 0 Å². The molecule has 0 radical (unpaired) electrons. The largest absolute Gasteiger partial charge is 0.496 e. The molecule has 1 atom stereocenters. The molecule has 0 amide bonds. The summed E-state index contributed by atoms with van der Waals surface area (Å²) in [5, 5.41) is 3.51. The van der Waals surface area contributed by atoms with E-state index in [0.717, 1.165) is 49.8 Å². The van der Waals surface area contributed by atoms with Crippen molar-refractivity contribution in [1.82, 2.24) is 19.9 Å². The van der Waals surface area contributed by atoms with Crippen LogP contribution in [0.5, 0.6) is 5.75 Å². The van der Waals surface area contributed by atoms with Crippen molar-refractivity contribution >= 4 is 27.4 Å². The first-order valence-electron chi connectivity index (χ1n) is 11.4. The number of benzene rings is 1. The van der Waals surface area contributed by atoms with Gasteiger partial charge in [0, 0.05) is 58.9 Å². The number of rotatable bonds is 8. The Morgan fingerprint density at radius 3 is 2.54 bits per heavy atom. The van der Waals surface area contributed by atoms with Gasteiger partial charge in [-0.05, 0) is 37.1 Å². The minimum atomic E-state index is -0.0641. The second-order valence-corrected chi connectivity index (χ2v) is 9.47. The Bertz CT molecular complexity index is 1440. The molecule has 0 bridgehead atoms. The number of hydrogen-bond acceptors (Lipinski definition) is 8. The van der Waals surface area contributed by atoms with Gasteiger partial charge in [0.15, 0.2) is 5.82 Å². The van der Waals surface area contributed by atoms with Crippen LogP contribution in [0, 0.1) is 6.92 Å². The summed E-state index contributed by atoms with van der Waals surface area (Å²) < 4.78 is 6.61. The van der Waals surface area contributed by atoms with E-state index in [4.69, 9.17) is 20.4 Å². The molecule has 0 spiro atoms. The van der Waals surface area contributed by atoms with Crippen molar-refractivity contribution in [3.05, 3.63) is 83.8 Å². The number of nitrogens with two attached hydrogens (primary N) is 1. The lowest BCUT2D eigenvalue weighted by Crippen LogP contribution is -2.31. The number of nitrogens with zero attached hydrogens (tertiary/aromatic N) is 4. The molecule has 35 heavy (non-hydrogen) atoms. The fourth-order valence-electron chi connectivity index (χ4n) is 4.12. The highest BCUT2D eigenvalue weighted by Crippen LogP contribution is 2.43. The van der Waals surface area contributed by atoms with E-state index >= 15 is 0 Å². The number of anilines is 1. The van der Waals surface area contributed by atoms with E-state index in [1.807, 2.05) is 42.6 Å². The van der Waals surface area contributed by atoms with Crippen LogP contribution in [-0.4, -0.2) is 39.6 Å². The van der Waals surface area contributed by atoms with Crippen LogP contribution < -0.4 is 15.8 Å². The van der Waals surface area contributed by atoms with E-state index in [0.29, 0.717) is 12.4 Å². The zero-order chi connectivity index (χ0) is 24.2. The van der Waals surface area contributed by atoms with Crippen LogP contribution in [0.4, 0.5) is 5.82 Å². The second kappa shape index (κ2) is 10.2. The van der Waals surface area contributed by atoms with Crippen molar-refractivity contribution in [3.63, 3.8) is 0 Å². The van der Waals surface area contributed by atoms with Crippen LogP contribution in [0.25, 0.3) is 32.7 Å². The predicted octanol–water partition coefficient (Wildman–Crippen LogP) is 5.11. The molecule has 0 aliphatic heterocycles. The smallest absolute Gasteiger partial charge is 0.162 e. The molecule has 0 unspecified atom stereocenters. The molecule has 4 heterocycles. The number of ether oxygens (including phenoxy) is 1. The SMILES string of the molecule is COc1ccncc1-c1c(C)sc2c(NC[C@@H](N)Cc3ccccc3)nc(-c3ccncc3)nc12. The molecule has 0 aliphatic carbocycles. The highest BCUT2D eigenvalue weighted by molar-refractivity contribution is 7.20. The first-order chi connectivity index (χ1) is 17.1. The summed E-state index contributed by atoms with van der Waals surface area (Å²) in [5.41, 5.74) is 11.4. The van der Waals surface area contributed by atoms with E-state index in [1.54, 1.807) is 37.0 Å². The minimum absolute atomic E-state index is 0.0641. The van der Waals surface area contributed by atoms with E-state index < -0.39 is 0 Å². The normalized spacial score (nSPS) is 12.0. The average Bonchev–Trinajstić information content (AvgIpc) is 3.23. The molecule has 176 valence electrons. The van der Waals surface area contributed by atoms with Gasteiger partial charge in [0.2, 0.25) is 0 Å². The van der Waals surface area contributed by atoms with Crippen LogP contribution in [0.2, 0.25) is 0 Å². The van der Waals surface area contributed by atoms with Gasteiger partial charge in [0.25, 0.3) is 0 Å². The molecule has 0 saturated carbocycles. The number of hydrogen-bond donors (Lipinski definition) is 2. The lowest BCUT2D eigenvalue weighted by Gasteiger charge is -2.15. The van der Waals surface area contributed by atoms with Crippen LogP contribution >= 0.6 is 11.3 Å². The molecule has 0 fully saturated rings. The number of thiophene rings is 1. The maximum Gasteiger partial charge on any atom is 0.162 e. The number of fused-ring (bicyclic) bond motifs is 1. The minimum Gasteiger partial charge on any atom is -0.496 e. The molecule has 1 aromatic carbocycles. The number of pyridine rings is 2. The average molecular weight is 483 g/mol. The summed E-state index contributed by atoms with van der Waals surface area (Å²) >= 11 is 1.65. The third kappa shape index (κ3) is 4.84. The van der Waals surface area contributed by atoms with Crippen molar-refractivity contribution in [3.8, 4) is 28.3 Å². The standard InChI is InChI=1S/C27H26N6OS/c1-17-23(21-16-30-13-10-22(21)34-2)24-25(35-17)27(33-26(32-24)19-8-11-29-12-9-19)31-15-20(28)14-18-6-4-3-5-7-18/h3-13,16,20H,14-15,28H2,1-2H3,(H,31,32,33)/t20-/m0/s1. The Kier molecular flexibility index (Phi) is 6.65. The van der Waals surface area contributed by atoms with Crippen molar-refractivity contribution < 1.29 is 4.74 Å². The second-order valence-electron chi connectivity index (χ2n) is 8.25. The Hall–Kier alpha value is -3.88. The molecular weight excluding hydrogens is 456 g/mol. The highest BCUT2D eigenvalue weighted by Gasteiger charge is 2.21. The van der Waals surface area contributed by atoms with Crippen LogP contribution in [0.1, 0.15) is 10.4 Å². The summed E-state index contributed by atoms with van der Waals surface area (Å²) in [6.07, 6.45) is 7.82. The number of methoxy groups -OCH3 is 1. The number of aromatic nitrogens is 4. The van der Waals surface area contributed by atoms with Gasteiger partial charge in [-0.1, -0.05) is 30.3 Å². The van der Waals surface area contributed by atoms with E-state index in [2.05, 4.69) is 34.3 Å². The topological polar surface area (TPSA) is 98.8 Å². The van der Waals surface area contributed by atoms with Gasteiger partial charge < -0.3 is 15.8 Å². The molecule has 5 rings (SSSR count). The number of nitrogens with one attached hydrogen (secondary N) is 1. The van der Waals surface area contributed by atoms with Gasteiger partial charge >= 0.3 is 0 Å². The molecule has 4 aromatic heterocycles. The molecule has 0 saturated heterocycles. The molecular formula is C27H26N6OS. The van der Waals surface area contributed by atoms with E-state index in [9.17, 15) is 0 Å². The highest BCUT2D eigenvalue weighted by atomic mass is 32.1. The van der Waals surface area contributed by atoms with Gasteiger partial charge in [-0.2, -0.15) is 0 Å². The molecule has 7 nitrogen and oxygen atoms in total. The fourth-order valence-corrected chi connectivity index (χ4v) is 5.19. The van der Waals surface area contributed by atoms with Crippen molar-refractivity contribution in [2.75, 3.05) is 19.0 Å². The third-order valence-electron chi connectivity index (χ3n) is 5.79. The zero-order valence-corrected chi connectivity index (χ0v) is 20.4. The maximum absolute atomic E-state index is 6.48. The van der Waals surface area contributed by atoms with Crippen molar-refractivity contribution in [2.24, 2.45) is 5.73 Å². The lowest BCUT2D eigenvalue weighted by atomic mass is 10.1. The van der Waals surface area contributed by atoms with Crippen LogP contribution in [0.3, 0.4) is 0 Å². The quantitative estimate of drug-likeness (QED) is 0.317. The number of aryl methyl sites for hydroxylation is 1. The summed E-state index contributed by atoms with van der Waals surface area (Å²) in [6, 6.07) is 15.9. The molecule has 3 N–H and O–H groups in total. The van der Waals surface area contributed by atoms with Gasteiger partial charge in [0.1, 0.15) is 11.6 Å². The summed E-state index contributed by atoms with van der Waals surface area (Å²) in [7, 11) is 1.67. The van der Waals surface area contributed by atoms with Gasteiger partial charge in [0.05, 0.1) is 17.3 Å². The van der Waals surface area contributed by atoms with Gasteiger partial charge in [-0.15, -0.1) is 11.3 Å². The predicted molar refractivity (Wildman–Crippen MR) is 142 cm³/mol. The van der Waals surface area contributed by atoms with E-state index in [-0.39, 0.29) is 6.04 Å². The summed E-state index contributed by atoms with van der Waals surface area (Å²) in [4.78, 5) is 19.5. The Morgan fingerprint density at radius 2 is 1.77 bits per heavy atom. The molecule has 8 heteroatoms. The zero-order valence-electron chi connectivity index (χ0n) is 19.6. The van der Waals surface area contributed by atoms with Crippen LogP contribution in [-0.2, 0) is 6.42 Å². The van der Waals surface area contributed by atoms with Crippen LogP contribution in [0.15, 0.2) is 73.3 Å². The first-order valence-corrected chi connectivity index (χ1v) is 12.2. The Morgan fingerprint density at radius 1 is 1.00 bits per heavy atom. The Balaban J connectivity index is 1.57. The Labute approximate surface area is 208 Å². The lowest BCUT2D eigenvalue weighted by molar-refractivity contribution is 0.416. The van der Waals surface area contributed by atoms with Crippen molar-refractivity contribution in [2.45, 2.75) is 19.4 Å². The van der Waals surface area contributed by atoms with Gasteiger partial charge in [-0.3, -0.25) is 9.97 Å². The fraction of sp³-hybridized carbons (Fsp3) is 0.185. The summed E-state index contributed by atoms with van der Waals surface area (Å²) in [5.74, 6) is 2.15. The molecule has 5 aromatic rings. The van der Waals surface area contributed by atoms with E-state index in [1.165, 1.54) is 5.56 Å². The summed E-state index contributed by atoms with van der Waals surface area (Å²) in [6.45, 7) is 2.67. The van der Waals surface area contributed by atoms with Gasteiger partial charge in [-0.25, -0.2) is 9.97 Å².